The SMILES string of the molecule is CCC(c1nc2ccccc2c(=O)n1-c1ccc(F)cc1)N(Cc1ccccc1)C(=O)c1ccc2ccccc2c1. The molecule has 1 unspecified atom stereocenters. The number of amides is 1. The highest BCUT2D eigenvalue weighted by atomic mass is 19.1. The van der Waals surface area contributed by atoms with E-state index in [1.54, 1.807) is 35.2 Å². The van der Waals surface area contributed by atoms with Gasteiger partial charge in [0.15, 0.2) is 0 Å². The number of carbonyl (C=O) groups excluding carboxylic acids is 1. The minimum absolute atomic E-state index is 0.167. The number of rotatable bonds is 7. The first-order chi connectivity index (χ1) is 20.0. The van der Waals surface area contributed by atoms with Crippen LogP contribution in [0.25, 0.3) is 27.4 Å². The minimum Gasteiger partial charge on any atom is -0.324 e. The molecule has 0 radical (unpaired) electrons. The highest BCUT2D eigenvalue weighted by molar-refractivity contribution is 5.98. The second-order valence-electron chi connectivity index (χ2n) is 10.0. The zero-order valence-corrected chi connectivity index (χ0v) is 22.6. The largest absolute Gasteiger partial charge is 0.324 e. The maximum absolute atomic E-state index is 14.4. The van der Waals surface area contributed by atoms with Gasteiger partial charge in [0, 0.05) is 12.1 Å². The van der Waals surface area contributed by atoms with E-state index in [1.165, 1.54) is 16.7 Å². The summed E-state index contributed by atoms with van der Waals surface area (Å²) >= 11 is 0. The summed E-state index contributed by atoms with van der Waals surface area (Å²) in [7, 11) is 0. The van der Waals surface area contributed by atoms with Gasteiger partial charge >= 0.3 is 0 Å². The van der Waals surface area contributed by atoms with Crippen molar-refractivity contribution in [2.45, 2.75) is 25.9 Å². The standard InChI is InChI=1S/C35H28FN3O2/c1-2-32(33-37-31-15-9-8-14-30(31)35(41)39(33)29-20-18-28(36)19-21-29)38(23-24-10-4-3-5-11-24)34(40)27-17-16-25-12-6-7-13-26(25)22-27/h3-22,32H,2,23H2,1H3. The summed E-state index contributed by atoms with van der Waals surface area (Å²) in [5, 5.41) is 2.47. The van der Waals surface area contributed by atoms with Crippen LogP contribution >= 0.6 is 0 Å². The van der Waals surface area contributed by atoms with Gasteiger partial charge in [-0.1, -0.05) is 79.7 Å². The third-order valence-electron chi connectivity index (χ3n) is 7.40. The highest BCUT2D eigenvalue weighted by Gasteiger charge is 2.30. The van der Waals surface area contributed by atoms with E-state index in [-0.39, 0.29) is 11.5 Å². The van der Waals surface area contributed by atoms with Crippen molar-refractivity contribution in [3.05, 3.63) is 154 Å². The lowest BCUT2D eigenvalue weighted by atomic mass is 10.0. The molecule has 202 valence electrons. The summed E-state index contributed by atoms with van der Waals surface area (Å²) in [6, 6.07) is 35.8. The van der Waals surface area contributed by atoms with Crippen molar-refractivity contribution in [2.24, 2.45) is 0 Å². The van der Waals surface area contributed by atoms with Crippen molar-refractivity contribution in [2.75, 3.05) is 0 Å². The van der Waals surface area contributed by atoms with Crippen molar-refractivity contribution >= 4 is 27.6 Å². The van der Waals surface area contributed by atoms with Gasteiger partial charge in [-0.3, -0.25) is 14.2 Å². The third-order valence-corrected chi connectivity index (χ3v) is 7.40. The second-order valence-corrected chi connectivity index (χ2v) is 10.0. The Hall–Kier alpha value is -5.10. The lowest BCUT2D eigenvalue weighted by molar-refractivity contribution is 0.0641. The van der Waals surface area contributed by atoms with E-state index in [0.29, 0.717) is 40.9 Å². The Labute approximate surface area is 237 Å². The first-order valence-corrected chi connectivity index (χ1v) is 13.6. The molecule has 1 atom stereocenters. The Morgan fingerprint density at radius 1 is 0.829 bits per heavy atom. The van der Waals surface area contributed by atoms with Gasteiger partial charge in [-0.2, -0.15) is 0 Å². The van der Waals surface area contributed by atoms with Gasteiger partial charge in [-0.25, -0.2) is 9.37 Å². The van der Waals surface area contributed by atoms with Gasteiger partial charge in [0.2, 0.25) is 0 Å². The summed E-state index contributed by atoms with van der Waals surface area (Å²) < 4.78 is 15.4. The van der Waals surface area contributed by atoms with Crippen molar-refractivity contribution in [1.82, 2.24) is 14.5 Å². The molecule has 0 saturated heterocycles. The molecule has 5 aromatic carbocycles. The lowest BCUT2D eigenvalue weighted by Gasteiger charge is -2.32. The van der Waals surface area contributed by atoms with Crippen LogP contribution in [-0.4, -0.2) is 20.4 Å². The fourth-order valence-corrected chi connectivity index (χ4v) is 5.35. The van der Waals surface area contributed by atoms with Crippen LogP contribution in [0.4, 0.5) is 4.39 Å². The lowest BCUT2D eigenvalue weighted by Crippen LogP contribution is -2.38. The molecule has 0 aliphatic carbocycles. The maximum atomic E-state index is 14.4. The van der Waals surface area contributed by atoms with Crippen molar-refractivity contribution in [3.8, 4) is 5.69 Å². The van der Waals surface area contributed by atoms with Crippen LogP contribution in [0.5, 0.6) is 0 Å². The molecule has 1 heterocycles. The summed E-state index contributed by atoms with van der Waals surface area (Å²) in [6.07, 6.45) is 0.498. The molecule has 0 saturated carbocycles. The number of hydrogen-bond acceptors (Lipinski definition) is 3. The van der Waals surface area contributed by atoms with Gasteiger partial charge in [0.1, 0.15) is 11.6 Å². The topological polar surface area (TPSA) is 55.2 Å². The third kappa shape index (κ3) is 5.12. The number of fused-ring (bicyclic) bond motifs is 2. The molecule has 0 aliphatic heterocycles. The molecule has 5 nitrogen and oxygen atoms in total. The highest BCUT2D eigenvalue weighted by Crippen LogP contribution is 2.30. The van der Waals surface area contributed by atoms with E-state index in [4.69, 9.17) is 4.98 Å². The number of carbonyl (C=O) groups is 1. The summed E-state index contributed by atoms with van der Waals surface area (Å²) in [4.78, 5) is 35.1. The van der Waals surface area contributed by atoms with Crippen LogP contribution in [0.2, 0.25) is 0 Å². The average Bonchev–Trinajstić information content (AvgIpc) is 3.01. The molecule has 0 fully saturated rings. The second kappa shape index (κ2) is 11.2. The zero-order chi connectivity index (χ0) is 28.3. The van der Waals surface area contributed by atoms with Crippen molar-refractivity contribution < 1.29 is 9.18 Å². The maximum Gasteiger partial charge on any atom is 0.266 e. The smallest absolute Gasteiger partial charge is 0.266 e. The summed E-state index contributed by atoms with van der Waals surface area (Å²) in [5.74, 6) is -0.145. The number of para-hydroxylation sites is 1. The molecule has 0 aliphatic rings. The molecule has 41 heavy (non-hydrogen) atoms. The van der Waals surface area contributed by atoms with Crippen LogP contribution in [-0.2, 0) is 6.54 Å². The van der Waals surface area contributed by atoms with Gasteiger partial charge < -0.3 is 4.90 Å². The molecule has 1 aromatic heterocycles. The van der Waals surface area contributed by atoms with Gasteiger partial charge in [0.05, 0.1) is 22.6 Å². The quantitative estimate of drug-likeness (QED) is 0.211. The van der Waals surface area contributed by atoms with E-state index >= 15 is 0 Å². The Balaban J connectivity index is 1.55. The number of hydrogen-bond donors (Lipinski definition) is 0. The van der Waals surface area contributed by atoms with E-state index < -0.39 is 11.9 Å². The number of halogens is 1. The Morgan fingerprint density at radius 2 is 1.51 bits per heavy atom. The summed E-state index contributed by atoms with van der Waals surface area (Å²) in [5.41, 5.74) is 2.27. The van der Waals surface area contributed by atoms with E-state index in [2.05, 4.69) is 0 Å². The van der Waals surface area contributed by atoms with Crippen molar-refractivity contribution in [1.29, 1.82) is 0 Å². The Bertz CT molecular complexity index is 1920. The number of aromatic nitrogens is 2. The molecule has 0 bridgehead atoms. The molecule has 6 rings (SSSR count). The molecule has 6 aromatic rings. The fourth-order valence-electron chi connectivity index (χ4n) is 5.35. The van der Waals surface area contributed by atoms with Gasteiger partial charge in [-0.15, -0.1) is 0 Å². The first kappa shape index (κ1) is 26.1. The van der Waals surface area contributed by atoms with Crippen LogP contribution < -0.4 is 5.56 Å². The molecule has 6 heteroatoms. The van der Waals surface area contributed by atoms with Crippen LogP contribution in [0.1, 0.15) is 41.1 Å². The van der Waals surface area contributed by atoms with E-state index in [1.807, 2.05) is 85.8 Å². The van der Waals surface area contributed by atoms with Crippen LogP contribution in [0.15, 0.2) is 126 Å². The summed E-state index contributed by atoms with van der Waals surface area (Å²) in [6.45, 7) is 2.30. The zero-order valence-electron chi connectivity index (χ0n) is 22.6. The minimum atomic E-state index is -0.559. The number of nitrogens with zero attached hydrogens (tertiary/aromatic N) is 3. The molecular formula is C35H28FN3O2. The fraction of sp³-hybridized carbons (Fsp3) is 0.114. The first-order valence-electron chi connectivity index (χ1n) is 13.6. The predicted octanol–water partition coefficient (Wildman–Crippen LogP) is 7.47. The monoisotopic (exact) mass is 541 g/mol. The molecule has 0 spiro atoms. The average molecular weight is 542 g/mol. The van der Waals surface area contributed by atoms with Crippen molar-refractivity contribution in [3.63, 3.8) is 0 Å². The molecule has 1 amide bonds. The van der Waals surface area contributed by atoms with Crippen LogP contribution in [0, 0.1) is 5.82 Å². The number of benzene rings is 5. The van der Waals surface area contributed by atoms with E-state index in [9.17, 15) is 14.0 Å². The Morgan fingerprint density at radius 3 is 2.27 bits per heavy atom. The van der Waals surface area contributed by atoms with Gasteiger partial charge in [-0.05, 0) is 71.3 Å². The van der Waals surface area contributed by atoms with Gasteiger partial charge in [0.25, 0.3) is 11.5 Å². The molecule has 0 N–H and O–H groups in total. The normalized spacial score (nSPS) is 12.0. The van der Waals surface area contributed by atoms with E-state index in [0.717, 1.165) is 16.3 Å². The Kier molecular flexibility index (Phi) is 7.13. The molecular weight excluding hydrogens is 513 g/mol. The predicted molar refractivity (Wildman–Crippen MR) is 161 cm³/mol. The van der Waals surface area contributed by atoms with Crippen LogP contribution in [0.3, 0.4) is 0 Å².